The molecule has 2 aromatic rings. The van der Waals surface area contributed by atoms with E-state index in [9.17, 15) is 9.59 Å². The Labute approximate surface area is 140 Å². The number of benzene rings is 2. The Hall–Kier alpha value is -2.33. The van der Waals surface area contributed by atoms with Crippen LogP contribution in [-0.4, -0.2) is 24.4 Å². The summed E-state index contributed by atoms with van der Waals surface area (Å²) < 4.78 is 0. The van der Waals surface area contributed by atoms with Crippen molar-refractivity contribution in [2.75, 3.05) is 16.3 Å². The van der Waals surface area contributed by atoms with Crippen molar-refractivity contribution in [3.63, 3.8) is 0 Å². The number of anilines is 2. The van der Waals surface area contributed by atoms with Crippen molar-refractivity contribution < 1.29 is 9.59 Å². The average molecular weight is 329 g/mol. The van der Waals surface area contributed by atoms with E-state index in [0.717, 1.165) is 11.4 Å². The monoisotopic (exact) mass is 328 g/mol. The fourth-order valence-electron chi connectivity index (χ4n) is 3.00. The van der Waals surface area contributed by atoms with Crippen LogP contribution in [0.1, 0.15) is 24.2 Å². The molecule has 4 nitrogen and oxygen atoms in total. The van der Waals surface area contributed by atoms with Crippen molar-refractivity contribution in [1.82, 2.24) is 0 Å². The lowest BCUT2D eigenvalue weighted by atomic mass is 10.1. The average Bonchev–Trinajstić information content (AvgIpc) is 2.53. The summed E-state index contributed by atoms with van der Waals surface area (Å²) in [7, 11) is 0. The van der Waals surface area contributed by atoms with E-state index in [2.05, 4.69) is 0 Å². The minimum absolute atomic E-state index is 0.0245. The normalized spacial score (nSPS) is 16.9. The predicted octanol–water partition coefficient (Wildman–Crippen LogP) is 3.74. The van der Waals surface area contributed by atoms with Crippen molar-refractivity contribution >= 4 is 34.8 Å². The molecule has 0 spiro atoms. The Morgan fingerprint density at radius 3 is 2.26 bits per heavy atom. The lowest BCUT2D eigenvalue weighted by Crippen LogP contribution is -2.51. The van der Waals surface area contributed by atoms with Gasteiger partial charge in [0.1, 0.15) is 0 Å². The summed E-state index contributed by atoms with van der Waals surface area (Å²) in [5.74, 6) is -0.118. The highest BCUT2D eigenvalue weighted by Gasteiger charge is 2.33. The van der Waals surface area contributed by atoms with E-state index in [1.54, 1.807) is 41.0 Å². The minimum atomic E-state index is -0.0934. The quantitative estimate of drug-likeness (QED) is 0.800. The van der Waals surface area contributed by atoms with Crippen LogP contribution in [0, 0.1) is 0 Å². The highest BCUT2D eigenvalue weighted by Crippen LogP contribution is 2.36. The first-order chi connectivity index (χ1) is 11.0. The second-order valence-electron chi connectivity index (χ2n) is 5.65. The third kappa shape index (κ3) is 2.82. The fourth-order valence-corrected chi connectivity index (χ4v) is 3.12. The van der Waals surface area contributed by atoms with Crippen LogP contribution in [0.2, 0.25) is 5.02 Å². The molecule has 2 aromatic carbocycles. The van der Waals surface area contributed by atoms with Crippen LogP contribution in [0.15, 0.2) is 48.5 Å². The molecular weight excluding hydrogens is 312 g/mol. The van der Waals surface area contributed by atoms with Crippen molar-refractivity contribution in [3.05, 3.63) is 59.1 Å². The second-order valence-corrected chi connectivity index (χ2v) is 6.09. The first-order valence-corrected chi connectivity index (χ1v) is 7.83. The number of carbonyl (C=O) groups excluding carboxylic acids is 2. The molecule has 1 heterocycles. The maximum Gasteiger partial charge on any atom is 0.258 e. The van der Waals surface area contributed by atoms with Gasteiger partial charge in [0.05, 0.1) is 17.4 Å². The van der Waals surface area contributed by atoms with Crippen LogP contribution < -0.4 is 9.80 Å². The molecule has 0 aliphatic carbocycles. The highest BCUT2D eigenvalue weighted by molar-refractivity contribution is 6.30. The van der Waals surface area contributed by atoms with Crippen molar-refractivity contribution in [1.29, 1.82) is 0 Å². The Kier molecular flexibility index (Phi) is 4.09. The smallest absolute Gasteiger partial charge is 0.258 e. The Morgan fingerprint density at radius 1 is 1.04 bits per heavy atom. The molecule has 3 rings (SSSR count). The molecule has 1 aliphatic heterocycles. The first-order valence-electron chi connectivity index (χ1n) is 7.45. The van der Waals surface area contributed by atoms with Gasteiger partial charge in [-0.05, 0) is 43.3 Å². The number of amides is 2. The van der Waals surface area contributed by atoms with Gasteiger partial charge in [-0.2, -0.15) is 0 Å². The molecule has 0 radical (unpaired) electrons. The topological polar surface area (TPSA) is 40.6 Å². The number of fused-ring (bicyclic) bond motifs is 1. The van der Waals surface area contributed by atoms with E-state index in [1.165, 1.54) is 0 Å². The van der Waals surface area contributed by atoms with Gasteiger partial charge in [-0.25, -0.2) is 0 Å². The zero-order chi connectivity index (χ0) is 16.6. The van der Waals surface area contributed by atoms with Crippen molar-refractivity contribution in [2.45, 2.75) is 19.9 Å². The molecule has 2 amide bonds. The molecule has 0 saturated heterocycles. The van der Waals surface area contributed by atoms with Gasteiger partial charge in [0.2, 0.25) is 5.91 Å². The Morgan fingerprint density at radius 2 is 1.65 bits per heavy atom. The van der Waals surface area contributed by atoms with E-state index < -0.39 is 0 Å². The first kappa shape index (κ1) is 15.6. The molecular formula is C18H17ClN2O2. The van der Waals surface area contributed by atoms with Gasteiger partial charge in [-0.1, -0.05) is 23.7 Å². The van der Waals surface area contributed by atoms with E-state index in [0.29, 0.717) is 17.1 Å². The summed E-state index contributed by atoms with van der Waals surface area (Å²) in [5.41, 5.74) is 2.09. The lowest BCUT2D eigenvalue weighted by molar-refractivity contribution is -0.117. The summed E-state index contributed by atoms with van der Waals surface area (Å²) in [6.07, 6.45) is 0. The summed E-state index contributed by atoms with van der Waals surface area (Å²) in [4.78, 5) is 28.3. The number of hydrogen-bond acceptors (Lipinski definition) is 2. The number of nitrogens with zero attached hydrogens (tertiary/aromatic N) is 2. The molecule has 1 aliphatic rings. The van der Waals surface area contributed by atoms with Crippen LogP contribution in [0.25, 0.3) is 0 Å². The van der Waals surface area contributed by atoms with E-state index in [1.807, 2.05) is 31.2 Å². The SMILES string of the molecule is CC(=O)N1c2ccccc2N(C(=O)c2ccc(Cl)cc2)C[C@@H]1C. The molecule has 0 fully saturated rings. The summed E-state index contributed by atoms with van der Waals surface area (Å²) in [5, 5.41) is 0.594. The van der Waals surface area contributed by atoms with Crippen LogP contribution in [0.4, 0.5) is 11.4 Å². The zero-order valence-electron chi connectivity index (χ0n) is 13.0. The van der Waals surface area contributed by atoms with Gasteiger partial charge in [-0.15, -0.1) is 0 Å². The Bertz CT molecular complexity index is 758. The van der Waals surface area contributed by atoms with Gasteiger partial charge in [-0.3, -0.25) is 9.59 Å². The molecule has 118 valence electrons. The van der Waals surface area contributed by atoms with Crippen LogP contribution >= 0.6 is 11.6 Å². The van der Waals surface area contributed by atoms with E-state index in [-0.39, 0.29) is 17.9 Å². The maximum absolute atomic E-state index is 12.9. The summed E-state index contributed by atoms with van der Waals surface area (Å²) in [6.45, 7) is 3.95. The van der Waals surface area contributed by atoms with Crippen LogP contribution in [0.3, 0.4) is 0 Å². The predicted molar refractivity (Wildman–Crippen MR) is 92.2 cm³/mol. The van der Waals surface area contributed by atoms with Gasteiger partial charge < -0.3 is 9.80 Å². The second kappa shape index (κ2) is 6.05. The van der Waals surface area contributed by atoms with Crippen molar-refractivity contribution in [2.24, 2.45) is 0 Å². The van der Waals surface area contributed by atoms with Gasteiger partial charge in [0.15, 0.2) is 0 Å². The molecule has 0 saturated carbocycles. The Balaban J connectivity index is 2.03. The third-order valence-electron chi connectivity index (χ3n) is 4.00. The highest BCUT2D eigenvalue weighted by atomic mass is 35.5. The fraction of sp³-hybridized carbons (Fsp3) is 0.222. The number of hydrogen-bond donors (Lipinski definition) is 0. The molecule has 23 heavy (non-hydrogen) atoms. The summed E-state index contributed by atoms with van der Waals surface area (Å²) >= 11 is 5.89. The summed E-state index contributed by atoms with van der Waals surface area (Å²) in [6, 6.07) is 14.2. The number of carbonyl (C=O) groups is 2. The van der Waals surface area contributed by atoms with Crippen LogP contribution in [0.5, 0.6) is 0 Å². The standard InChI is InChI=1S/C18H17ClN2O2/c1-12-11-20(18(23)14-7-9-15(19)10-8-14)16-5-3-4-6-17(16)21(12)13(2)22/h3-10,12H,11H2,1-2H3/t12-/m0/s1. The van der Waals surface area contributed by atoms with Gasteiger partial charge >= 0.3 is 0 Å². The van der Waals surface area contributed by atoms with Gasteiger partial charge in [0, 0.05) is 24.1 Å². The minimum Gasteiger partial charge on any atom is -0.306 e. The molecule has 5 heteroatoms. The van der Waals surface area contributed by atoms with Crippen molar-refractivity contribution in [3.8, 4) is 0 Å². The number of halogens is 1. The van der Waals surface area contributed by atoms with E-state index in [4.69, 9.17) is 11.6 Å². The number of rotatable bonds is 1. The largest absolute Gasteiger partial charge is 0.306 e. The number of para-hydroxylation sites is 2. The molecule has 0 bridgehead atoms. The molecule has 0 unspecified atom stereocenters. The van der Waals surface area contributed by atoms with Gasteiger partial charge in [0.25, 0.3) is 5.91 Å². The maximum atomic E-state index is 12.9. The molecule has 1 atom stereocenters. The molecule has 0 N–H and O–H groups in total. The van der Waals surface area contributed by atoms with Crippen LogP contribution in [-0.2, 0) is 4.79 Å². The zero-order valence-corrected chi connectivity index (χ0v) is 13.7. The van der Waals surface area contributed by atoms with E-state index >= 15 is 0 Å². The lowest BCUT2D eigenvalue weighted by Gasteiger charge is -2.40. The third-order valence-corrected chi connectivity index (χ3v) is 4.25. The molecule has 0 aromatic heterocycles.